The fourth-order valence-electron chi connectivity index (χ4n) is 2.90. The molecule has 0 aliphatic carbocycles. The van der Waals surface area contributed by atoms with Gasteiger partial charge in [0.05, 0.1) is 5.39 Å². The lowest BCUT2D eigenvalue weighted by molar-refractivity contribution is 0.431. The number of fused-ring (bicyclic) bond motifs is 2. The zero-order valence-corrected chi connectivity index (χ0v) is 12.9. The van der Waals surface area contributed by atoms with Gasteiger partial charge < -0.3 is 9.51 Å². The second-order valence-corrected chi connectivity index (χ2v) is 5.65. The molecule has 7 nitrogen and oxygen atoms in total. The fourth-order valence-corrected chi connectivity index (χ4v) is 2.90. The van der Waals surface area contributed by atoms with Crippen molar-refractivity contribution in [3.63, 3.8) is 0 Å². The van der Waals surface area contributed by atoms with Crippen LogP contribution in [-0.4, -0.2) is 25.3 Å². The minimum Gasteiger partial charge on any atom is -0.361 e. The zero-order valence-electron chi connectivity index (χ0n) is 12.9. The molecule has 0 unspecified atom stereocenters. The van der Waals surface area contributed by atoms with Crippen LogP contribution in [0.3, 0.4) is 0 Å². The van der Waals surface area contributed by atoms with E-state index in [1.54, 1.807) is 12.1 Å². The summed E-state index contributed by atoms with van der Waals surface area (Å²) < 4.78 is 5.39. The van der Waals surface area contributed by atoms with Crippen LogP contribution < -0.4 is 5.56 Å². The van der Waals surface area contributed by atoms with Crippen LogP contribution in [0.1, 0.15) is 0 Å². The van der Waals surface area contributed by atoms with Crippen LogP contribution in [0.4, 0.5) is 0 Å². The molecule has 25 heavy (non-hydrogen) atoms. The van der Waals surface area contributed by atoms with Gasteiger partial charge in [0.15, 0.2) is 5.69 Å². The van der Waals surface area contributed by atoms with Crippen molar-refractivity contribution in [2.75, 3.05) is 0 Å². The largest absolute Gasteiger partial charge is 0.361 e. The number of hydrogen-bond donors (Lipinski definition) is 2. The summed E-state index contributed by atoms with van der Waals surface area (Å²) in [5, 5.41) is 12.9. The molecule has 0 aliphatic heterocycles. The fraction of sp³-hybridized carbons (Fsp3) is 0. The monoisotopic (exact) mass is 329 g/mol. The summed E-state index contributed by atoms with van der Waals surface area (Å²) in [5.74, 6) is 0.720. The first kappa shape index (κ1) is 13.7. The lowest BCUT2D eigenvalue weighted by Crippen LogP contribution is -2.09. The molecule has 0 spiro atoms. The van der Waals surface area contributed by atoms with Crippen molar-refractivity contribution in [1.82, 2.24) is 25.3 Å². The van der Waals surface area contributed by atoms with Crippen LogP contribution in [0, 0.1) is 0 Å². The van der Waals surface area contributed by atoms with Crippen molar-refractivity contribution in [1.29, 1.82) is 0 Å². The number of benzene rings is 2. The van der Waals surface area contributed by atoms with Crippen LogP contribution in [-0.2, 0) is 0 Å². The van der Waals surface area contributed by atoms with Crippen molar-refractivity contribution in [2.24, 2.45) is 0 Å². The molecule has 3 aromatic heterocycles. The lowest BCUT2D eigenvalue weighted by atomic mass is 10.1. The summed E-state index contributed by atoms with van der Waals surface area (Å²) >= 11 is 0. The molecule has 0 atom stereocenters. The summed E-state index contributed by atoms with van der Waals surface area (Å²) in [7, 11) is 0. The Morgan fingerprint density at radius 2 is 1.88 bits per heavy atom. The van der Waals surface area contributed by atoms with Gasteiger partial charge in [0.2, 0.25) is 5.82 Å². The van der Waals surface area contributed by atoms with E-state index in [4.69, 9.17) is 4.52 Å². The highest BCUT2D eigenvalue weighted by atomic mass is 16.5. The van der Waals surface area contributed by atoms with Crippen LogP contribution in [0.2, 0.25) is 0 Å². The van der Waals surface area contributed by atoms with Crippen LogP contribution in [0.5, 0.6) is 0 Å². The molecule has 120 valence electrons. The number of nitrogens with zero attached hydrogens (tertiary/aromatic N) is 3. The van der Waals surface area contributed by atoms with Crippen LogP contribution in [0.15, 0.2) is 64.0 Å². The number of aromatic amines is 2. The van der Waals surface area contributed by atoms with Crippen LogP contribution in [0.25, 0.3) is 44.6 Å². The van der Waals surface area contributed by atoms with Crippen molar-refractivity contribution in [3.05, 3.63) is 65.1 Å². The van der Waals surface area contributed by atoms with Gasteiger partial charge in [-0.3, -0.25) is 4.79 Å². The van der Waals surface area contributed by atoms with E-state index in [1.165, 1.54) is 0 Å². The topological polar surface area (TPSA) is 100 Å². The van der Waals surface area contributed by atoms with Gasteiger partial charge in [0, 0.05) is 22.7 Å². The molecule has 5 rings (SSSR count). The second-order valence-electron chi connectivity index (χ2n) is 5.65. The van der Waals surface area contributed by atoms with E-state index in [2.05, 4.69) is 25.3 Å². The van der Waals surface area contributed by atoms with Crippen molar-refractivity contribution in [3.8, 4) is 23.0 Å². The van der Waals surface area contributed by atoms with E-state index in [-0.39, 0.29) is 11.4 Å². The predicted molar refractivity (Wildman–Crippen MR) is 92.9 cm³/mol. The van der Waals surface area contributed by atoms with Gasteiger partial charge in [0.1, 0.15) is 0 Å². The van der Waals surface area contributed by atoms with Crippen molar-refractivity contribution >= 4 is 21.7 Å². The maximum atomic E-state index is 11.9. The number of H-pyrrole nitrogens is 2. The molecule has 0 aliphatic rings. The van der Waals surface area contributed by atoms with Crippen molar-refractivity contribution in [2.45, 2.75) is 0 Å². The number of rotatable bonds is 2. The summed E-state index contributed by atoms with van der Waals surface area (Å²) in [6.07, 6.45) is 1.88. The third-order valence-corrected chi connectivity index (χ3v) is 4.14. The SMILES string of the molecule is O=c1[nH]nc(-c2nc(-c3ccc4cc[nH]c4c3)no2)c2ccccc12. The molecular formula is C18H11N5O2. The summed E-state index contributed by atoms with van der Waals surface area (Å²) in [6, 6.07) is 15.1. The normalized spacial score (nSPS) is 11.4. The maximum Gasteiger partial charge on any atom is 0.279 e. The van der Waals surface area contributed by atoms with E-state index in [1.807, 2.05) is 42.6 Å². The predicted octanol–water partition coefficient (Wildman–Crippen LogP) is 3.12. The first-order valence-electron chi connectivity index (χ1n) is 7.68. The number of nitrogens with one attached hydrogen (secondary N) is 2. The van der Waals surface area contributed by atoms with Gasteiger partial charge in [-0.1, -0.05) is 35.5 Å². The third kappa shape index (κ3) is 2.13. The highest BCUT2D eigenvalue weighted by Crippen LogP contribution is 2.26. The quantitative estimate of drug-likeness (QED) is 0.518. The van der Waals surface area contributed by atoms with E-state index in [0.717, 1.165) is 16.5 Å². The molecule has 0 saturated heterocycles. The summed E-state index contributed by atoms with van der Waals surface area (Å²) in [5.41, 5.74) is 2.03. The van der Waals surface area contributed by atoms with Crippen LogP contribution >= 0.6 is 0 Å². The van der Waals surface area contributed by atoms with Gasteiger partial charge in [-0.05, 0) is 23.6 Å². The molecular weight excluding hydrogens is 318 g/mol. The van der Waals surface area contributed by atoms with E-state index in [9.17, 15) is 4.79 Å². The van der Waals surface area contributed by atoms with Gasteiger partial charge in [-0.25, -0.2) is 5.10 Å². The standard InChI is InChI=1S/C18H11N5O2/c24-17-13-4-2-1-3-12(13)15(21-22-17)18-20-16(23-25-18)11-6-5-10-7-8-19-14(10)9-11/h1-9,19H,(H,22,24). The minimum atomic E-state index is -0.253. The molecule has 3 heterocycles. The van der Waals surface area contributed by atoms with Gasteiger partial charge in [0.25, 0.3) is 11.4 Å². The Balaban J connectivity index is 1.65. The van der Waals surface area contributed by atoms with E-state index >= 15 is 0 Å². The van der Waals surface area contributed by atoms with E-state index in [0.29, 0.717) is 22.3 Å². The molecule has 2 aromatic carbocycles. The highest BCUT2D eigenvalue weighted by molar-refractivity contribution is 5.92. The number of aromatic nitrogens is 5. The second kappa shape index (κ2) is 5.13. The first-order chi connectivity index (χ1) is 12.3. The first-order valence-corrected chi connectivity index (χ1v) is 7.68. The average Bonchev–Trinajstić information content (AvgIpc) is 3.31. The Bertz CT molecular complexity index is 1280. The summed E-state index contributed by atoms with van der Waals surface area (Å²) in [6.45, 7) is 0. The van der Waals surface area contributed by atoms with Gasteiger partial charge >= 0.3 is 0 Å². The molecule has 0 fully saturated rings. The molecule has 0 amide bonds. The molecule has 7 heteroatoms. The Hall–Kier alpha value is -3.74. The Kier molecular flexibility index (Phi) is 2.81. The number of hydrogen-bond acceptors (Lipinski definition) is 5. The Labute approximate surface area is 140 Å². The molecule has 5 aromatic rings. The average molecular weight is 329 g/mol. The van der Waals surface area contributed by atoms with Gasteiger partial charge in [-0.2, -0.15) is 10.1 Å². The molecule has 0 bridgehead atoms. The molecule has 0 radical (unpaired) electrons. The Morgan fingerprint density at radius 1 is 1.00 bits per heavy atom. The summed E-state index contributed by atoms with van der Waals surface area (Å²) in [4.78, 5) is 19.5. The zero-order chi connectivity index (χ0) is 16.8. The lowest BCUT2D eigenvalue weighted by Gasteiger charge is -1.99. The maximum absolute atomic E-state index is 11.9. The van der Waals surface area contributed by atoms with Crippen molar-refractivity contribution < 1.29 is 4.52 Å². The van der Waals surface area contributed by atoms with E-state index < -0.39 is 0 Å². The smallest absolute Gasteiger partial charge is 0.279 e. The molecule has 2 N–H and O–H groups in total. The third-order valence-electron chi connectivity index (χ3n) is 4.14. The van der Waals surface area contributed by atoms with Gasteiger partial charge in [-0.15, -0.1) is 0 Å². The Morgan fingerprint density at radius 3 is 2.80 bits per heavy atom. The highest BCUT2D eigenvalue weighted by Gasteiger charge is 2.16. The molecule has 0 saturated carbocycles. The minimum absolute atomic E-state index is 0.253.